The second-order valence-corrected chi connectivity index (χ2v) is 7.66. The van der Waals surface area contributed by atoms with Crippen LogP contribution in [-0.4, -0.2) is 40.6 Å². The van der Waals surface area contributed by atoms with E-state index in [1.165, 1.54) is 0 Å². The van der Waals surface area contributed by atoms with Gasteiger partial charge >= 0.3 is 0 Å². The number of nitrogens with zero attached hydrogens (tertiary/aromatic N) is 1. The van der Waals surface area contributed by atoms with Gasteiger partial charge in [0.15, 0.2) is 0 Å². The van der Waals surface area contributed by atoms with Crippen molar-refractivity contribution in [2.45, 2.75) is 44.7 Å². The van der Waals surface area contributed by atoms with Gasteiger partial charge in [0.1, 0.15) is 6.04 Å². The molecule has 146 valence electrons. The van der Waals surface area contributed by atoms with Crippen molar-refractivity contribution < 1.29 is 19.2 Å². The van der Waals surface area contributed by atoms with Gasteiger partial charge in [-0.2, -0.15) is 0 Å². The van der Waals surface area contributed by atoms with Crippen LogP contribution in [0.15, 0.2) is 36.4 Å². The fourth-order valence-corrected chi connectivity index (χ4v) is 3.84. The molecule has 2 aliphatic carbocycles. The van der Waals surface area contributed by atoms with Crippen molar-refractivity contribution in [3.63, 3.8) is 0 Å². The Morgan fingerprint density at radius 1 is 1.04 bits per heavy atom. The van der Waals surface area contributed by atoms with Crippen molar-refractivity contribution in [3.05, 3.63) is 42.0 Å². The van der Waals surface area contributed by atoms with E-state index in [1.807, 2.05) is 12.2 Å². The summed E-state index contributed by atoms with van der Waals surface area (Å²) >= 11 is 0. The molecule has 3 aliphatic rings. The number of nitrogens with one attached hydrogen (secondary N) is 2. The Labute approximate surface area is 163 Å². The molecule has 4 rings (SSSR count). The molecule has 3 atom stereocenters. The summed E-state index contributed by atoms with van der Waals surface area (Å²) in [7, 11) is 0. The molecular weight excluding hydrogens is 358 g/mol. The third-order valence-corrected chi connectivity index (χ3v) is 5.65. The lowest BCUT2D eigenvalue weighted by atomic mass is 9.85. The number of anilines is 1. The summed E-state index contributed by atoms with van der Waals surface area (Å²) < 4.78 is 0. The summed E-state index contributed by atoms with van der Waals surface area (Å²) in [6.45, 7) is 1.54. The number of rotatable bonds is 5. The van der Waals surface area contributed by atoms with Gasteiger partial charge in [-0.25, -0.2) is 0 Å². The maximum Gasteiger partial charge on any atom is 0.253 e. The quantitative estimate of drug-likeness (QED) is 0.601. The van der Waals surface area contributed by atoms with Gasteiger partial charge in [0.25, 0.3) is 5.91 Å². The molecule has 1 saturated carbocycles. The van der Waals surface area contributed by atoms with Crippen LogP contribution in [-0.2, 0) is 14.4 Å². The van der Waals surface area contributed by atoms with Crippen molar-refractivity contribution in [2.24, 2.45) is 11.8 Å². The molecule has 0 bridgehead atoms. The van der Waals surface area contributed by atoms with Gasteiger partial charge in [0.05, 0.1) is 23.1 Å². The van der Waals surface area contributed by atoms with Crippen LogP contribution >= 0.6 is 0 Å². The molecule has 0 spiro atoms. The molecule has 1 aromatic carbocycles. The number of hydrogen-bond acceptors (Lipinski definition) is 4. The average molecular weight is 381 g/mol. The minimum atomic E-state index is -0.940. The lowest BCUT2D eigenvalue weighted by molar-refractivity contribution is -0.146. The molecule has 2 N–H and O–H groups in total. The second-order valence-electron chi connectivity index (χ2n) is 7.66. The van der Waals surface area contributed by atoms with Gasteiger partial charge in [-0.1, -0.05) is 24.3 Å². The molecular formula is C21H23N3O4. The van der Waals surface area contributed by atoms with E-state index in [0.717, 1.165) is 17.7 Å². The van der Waals surface area contributed by atoms with Gasteiger partial charge < -0.3 is 10.6 Å². The van der Waals surface area contributed by atoms with Crippen LogP contribution in [0.1, 0.15) is 43.0 Å². The molecule has 2 fully saturated rings. The van der Waals surface area contributed by atoms with Crippen LogP contribution in [0.5, 0.6) is 0 Å². The molecule has 4 amide bonds. The Bertz CT molecular complexity index is 848. The van der Waals surface area contributed by atoms with Crippen molar-refractivity contribution >= 4 is 29.3 Å². The van der Waals surface area contributed by atoms with Gasteiger partial charge in [0.2, 0.25) is 17.7 Å². The second kappa shape index (κ2) is 7.22. The summed E-state index contributed by atoms with van der Waals surface area (Å²) in [5.41, 5.74) is 0.738. The SMILES string of the molecule is CC(C(=O)Nc1ccccc1C(=O)NC1CC1)N1C(=O)C2CC=CCC2C1=O. The minimum absolute atomic E-state index is 0.201. The molecule has 1 aliphatic heterocycles. The molecule has 3 unspecified atom stereocenters. The number of allylic oxidation sites excluding steroid dienone is 2. The first-order valence-corrected chi connectivity index (χ1v) is 9.70. The standard InChI is InChI=1S/C21H23N3O4/c1-12(24-20(27)14-6-2-3-7-15(14)21(24)28)18(25)23-17-9-5-4-8-16(17)19(26)22-13-10-11-13/h2-5,8-9,12-15H,6-7,10-11H2,1H3,(H,22,26)(H,23,25). The fraction of sp³-hybridized carbons (Fsp3) is 0.429. The summed E-state index contributed by atoms with van der Waals surface area (Å²) in [6, 6.07) is 6.00. The highest BCUT2D eigenvalue weighted by atomic mass is 16.2. The Balaban J connectivity index is 1.49. The number of benzene rings is 1. The highest BCUT2D eigenvalue weighted by Gasteiger charge is 2.50. The Morgan fingerprint density at radius 2 is 1.64 bits per heavy atom. The number of fused-ring (bicyclic) bond motifs is 1. The van der Waals surface area contributed by atoms with Gasteiger partial charge in [0, 0.05) is 6.04 Å². The number of para-hydroxylation sites is 1. The van der Waals surface area contributed by atoms with Crippen molar-refractivity contribution in [1.82, 2.24) is 10.2 Å². The Hall–Kier alpha value is -2.96. The fourth-order valence-electron chi connectivity index (χ4n) is 3.84. The van der Waals surface area contributed by atoms with Crippen LogP contribution in [0.2, 0.25) is 0 Å². The number of carbonyl (C=O) groups excluding carboxylic acids is 4. The molecule has 7 heteroatoms. The molecule has 1 saturated heterocycles. The van der Waals surface area contributed by atoms with E-state index in [-0.39, 0.29) is 35.6 Å². The van der Waals surface area contributed by atoms with Crippen LogP contribution in [0, 0.1) is 11.8 Å². The van der Waals surface area contributed by atoms with E-state index in [0.29, 0.717) is 24.1 Å². The maximum atomic E-state index is 12.8. The minimum Gasteiger partial charge on any atom is -0.349 e. The van der Waals surface area contributed by atoms with E-state index in [1.54, 1.807) is 31.2 Å². The smallest absolute Gasteiger partial charge is 0.253 e. The summed E-state index contributed by atoms with van der Waals surface area (Å²) in [5.74, 6) is -2.05. The van der Waals surface area contributed by atoms with Gasteiger partial charge in [-0.3, -0.25) is 24.1 Å². The van der Waals surface area contributed by atoms with Crippen LogP contribution in [0.3, 0.4) is 0 Å². The van der Waals surface area contributed by atoms with E-state index in [9.17, 15) is 19.2 Å². The van der Waals surface area contributed by atoms with E-state index in [4.69, 9.17) is 0 Å². The predicted molar refractivity (Wildman–Crippen MR) is 102 cm³/mol. The third kappa shape index (κ3) is 3.32. The predicted octanol–water partition coefficient (Wildman–Crippen LogP) is 1.86. The normalized spacial score (nSPS) is 24.7. The Morgan fingerprint density at radius 3 is 2.25 bits per heavy atom. The highest BCUT2D eigenvalue weighted by molar-refractivity contribution is 6.11. The molecule has 0 aromatic heterocycles. The van der Waals surface area contributed by atoms with Gasteiger partial charge in [-0.15, -0.1) is 0 Å². The molecule has 28 heavy (non-hydrogen) atoms. The largest absolute Gasteiger partial charge is 0.349 e. The first-order valence-electron chi connectivity index (χ1n) is 9.70. The number of likely N-dealkylation sites (tertiary alicyclic amines) is 1. The highest BCUT2D eigenvalue weighted by Crippen LogP contribution is 2.36. The maximum absolute atomic E-state index is 12.8. The van der Waals surface area contributed by atoms with Crippen molar-refractivity contribution in [2.75, 3.05) is 5.32 Å². The first kappa shape index (κ1) is 18.4. The van der Waals surface area contributed by atoms with E-state index < -0.39 is 11.9 Å². The molecule has 0 radical (unpaired) electrons. The first-order chi connectivity index (χ1) is 13.5. The lowest BCUT2D eigenvalue weighted by Gasteiger charge is -2.23. The van der Waals surface area contributed by atoms with Crippen molar-refractivity contribution in [3.8, 4) is 0 Å². The van der Waals surface area contributed by atoms with Gasteiger partial charge in [-0.05, 0) is 44.7 Å². The summed E-state index contributed by atoms with van der Waals surface area (Å²) in [6.07, 6.45) is 6.82. The summed E-state index contributed by atoms with van der Waals surface area (Å²) in [5, 5.41) is 5.62. The van der Waals surface area contributed by atoms with Crippen LogP contribution < -0.4 is 10.6 Å². The third-order valence-electron chi connectivity index (χ3n) is 5.65. The average Bonchev–Trinajstić information content (AvgIpc) is 3.47. The number of imide groups is 1. The van der Waals surface area contributed by atoms with Crippen molar-refractivity contribution in [1.29, 1.82) is 0 Å². The Kier molecular flexibility index (Phi) is 4.75. The lowest BCUT2D eigenvalue weighted by Crippen LogP contribution is -2.46. The number of amides is 4. The van der Waals surface area contributed by atoms with E-state index in [2.05, 4.69) is 10.6 Å². The summed E-state index contributed by atoms with van der Waals surface area (Å²) in [4.78, 5) is 51.7. The monoisotopic (exact) mass is 381 g/mol. The number of carbonyl (C=O) groups is 4. The van der Waals surface area contributed by atoms with Crippen LogP contribution in [0.25, 0.3) is 0 Å². The molecule has 1 aromatic rings. The zero-order valence-corrected chi connectivity index (χ0v) is 15.7. The zero-order valence-electron chi connectivity index (χ0n) is 15.7. The topological polar surface area (TPSA) is 95.6 Å². The van der Waals surface area contributed by atoms with Crippen LogP contribution in [0.4, 0.5) is 5.69 Å². The van der Waals surface area contributed by atoms with E-state index >= 15 is 0 Å². The zero-order chi connectivity index (χ0) is 19.8. The molecule has 1 heterocycles. The molecule has 7 nitrogen and oxygen atoms in total. The number of hydrogen-bond donors (Lipinski definition) is 2.